The second-order valence-corrected chi connectivity index (χ2v) is 6.46. The van der Waals surface area contributed by atoms with Gasteiger partial charge in [-0.3, -0.25) is 4.79 Å². The molecule has 1 amide bonds. The molecule has 3 rings (SSSR count). The van der Waals surface area contributed by atoms with Gasteiger partial charge in [-0.05, 0) is 63.2 Å². The van der Waals surface area contributed by atoms with Crippen LogP contribution in [0.5, 0.6) is 0 Å². The smallest absolute Gasteiger partial charge is 0.338 e. The van der Waals surface area contributed by atoms with Crippen LogP contribution in [0.1, 0.15) is 39.0 Å². The topological polar surface area (TPSA) is 93.2 Å². The van der Waals surface area contributed by atoms with Gasteiger partial charge >= 0.3 is 5.97 Å². The molecule has 0 aliphatic heterocycles. The molecule has 3 aromatic rings. The van der Waals surface area contributed by atoms with Crippen molar-refractivity contribution in [2.75, 3.05) is 17.2 Å². The van der Waals surface area contributed by atoms with Crippen LogP contribution in [0.2, 0.25) is 0 Å². The number of rotatable bonds is 6. The number of carbonyl (C=O) groups is 2. The van der Waals surface area contributed by atoms with Gasteiger partial charge in [-0.15, -0.1) is 0 Å². The van der Waals surface area contributed by atoms with Crippen LogP contribution in [0.25, 0.3) is 0 Å². The molecule has 0 saturated heterocycles. The van der Waals surface area contributed by atoms with Crippen molar-refractivity contribution in [2.24, 2.45) is 0 Å². The molecule has 0 aliphatic carbocycles. The number of carbonyl (C=O) groups excluding carboxylic acids is 2. The van der Waals surface area contributed by atoms with E-state index in [1.54, 1.807) is 44.2 Å². The van der Waals surface area contributed by atoms with E-state index in [1.165, 1.54) is 0 Å². The van der Waals surface area contributed by atoms with Crippen molar-refractivity contribution in [1.29, 1.82) is 0 Å². The molecule has 2 N–H and O–H groups in total. The van der Waals surface area contributed by atoms with Crippen LogP contribution >= 0.6 is 0 Å². The maximum atomic E-state index is 12.6. The fourth-order valence-corrected chi connectivity index (χ4v) is 2.61. The Bertz CT molecular complexity index is 1020. The monoisotopic (exact) mass is 390 g/mol. The molecule has 7 heteroatoms. The zero-order chi connectivity index (χ0) is 20.8. The average Bonchev–Trinajstić information content (AvgIpc) is 2.70. The third kappa shape index (κ3) is 5.38. The fraction of sp³-hybridized carbons (Fsp3) is 0.182. The van der Waals surface area contributed by atoms with Crippen molar-refractivity contribution in [2.45, 2.75) is 20.8 Å². The number of anilines is 3. The molecule has 1 aromatic heterocycles. The lowest BCUT2D eigenvalue weighted by molar-refractivity contribution is 0.0526. The highest BCUT2D eigenvalue weighted by Crippen LogP contribution is 2.17. The van der Waals surface area contributed by atoms with E-state index in [0.717, 1.165) is 5.56 Å². The Balaban J connectivity index is 1.74. The number of ether oxygens (including phenoxy) is 1. The highest BCUT2D eigenvalue weighted by Gasteiger charge is 2.12. The van der Waals surface area contributed by atoms with Crippen LogP contribution in [0.4, 0.5) is 17.3 Å². The first kappa shape index (κ1) is 20.0. The summed E-state index contributed by atoms with van der Waals surface area (Å²) in [5, 5.41) is 5.88. The maximum absolute atomic E-state index is 12.6. The van der Waals surface area contributed by atoms with E-state index < -0.39 is 0 Å². The van der Waals surface area contributed by atoms with Gasteiger partial charge in [0.1, 0.15) is 5.69 Å². The van der Waals surface area contributed by atoms with Gasteiger partial charge in [-0.25, -0.2) is 14.8 Å². The number of aromatic nitrogens is 2. The van der Waals surface area contributed by atoms with Crippen LogP contribution in [0, 0.1) is 13.8 Å². The molecule has 0 saturated carbocycles. The number of aryl methyl sites for hydroxylation is 2. The Hall–Kier alpha value is -3.74. The number of nitrogens with zero attached hydrogens (tertiary/aromatic N) is 2. The fourth-order valence-electron chi connectivity index (χ4n) is 2.61. The third-order valence-electron chi connectivity index (χ3n) is 4.05. The molecule has 0 fully saturated rings. The lowest BCUT2D eigenvalue weighted by atomic mass is 10.2. The molecule has 148 valence electrons. The first-order valence-electron chi connectivity index (χ1n) is 9.22. The second kappa shape index (κ2) is 8.97. The predicted molar refractivity (Wildman–Crippen MR) is 112 cm³/mol. The summed E-state index contributed by atoms with van der Waals surface area (Å²) < 4.78 is 4.97. The van der Waals surface area contributed by atoms with Gasteiger partial charge in [-0.2, -0.15) is 0 Å². The third-order valence-corrected chi connectivity index (χ3v) is 4.05. The number of benzene rings is 2. The van der Waals surface area contributed by atoms with Gasteiger partial charge < -0.3 is 15.4 Å². The number of esters is 1. The first-order chi connectivity index (χ1) is 13.9. The van der Waals surface area contributed by atoms with Crippen molar-refractivity contribution in [1.82, 2.24) is 9.97 Å². The molecule has 0 radical (unpaired) electrons. The van der Waals surface area contributed by atoms with E-state index in [2.05, 4.69) is 20.6 Å². The van der Waals surface area contributed by atoms with Crippen molar-refractivity contribution < 1.29 is 14.3 Å². The Morgan fingerprint density at radius 1 is 0.931 bits per heavy atom. The van der Waals surface area contributed by atoms with Crippen molar-refractivity contribution in [3.05, 3.63) is 77.1 Å². The average molecular weight is 390 g/mol. The van der Waals surface area contributed by atoms with Crippen LogP contribution in [0.3, 0.4) is 0 Å². The first-order valence-corrected chi connectivity index (χ1v) is 9.22. The van der Waals surface area contributed by atoms with E-state index in [9.17, 15) is 9.59 Å². The highest BCUT2D eigenvalue weighted by atomic mass is 16.5. The van der Waals surface area contributed by atoms with Crippen LogP contribution in [0.15, 0.2) is 54.6 Å². The lowest BCUT2D eigenvalue weighted by Gasteiger charge is -2.09. The number of hydrogen-bond acceptors (Lipinski definition) is 6. The summed E-state index contributed by atoms with van der Waals surface area (Å²) in [6.07, 6.45) is 0. The summed E-state index contributed by atoms with van der Waals surface area (Å²) in [6.45, 7) is 5.86. The van der Waals surface area contributed by atoms with E-state index >= 15 is 0 Å². The van der Waals surface area contributed by atoms with Gasteiger partial charge in [0.25, 0.3) is 5.91 Å². The standard InChI is InChI=1S/C22H22N4O3/c1-4-29-21(28)16-7-11-18(12-8-16)25-22-23-15(3)13-19(26-22)20(27)24-17-9-5-14(2)6-10-17/h5-13H,4H2,1-3H3,(H,24,27)(H,23,25,26). The van der Waals surface area contributed by atoms with Gasteiger partial charge in [0.05, 0.1) is 12.2 Å². The normalized spacial score (nSPS) is 10.3. The minimum atomic E-state index is -0.374. The van der Waals surface area contributed by atoms with Crippen LogP contribution in [-0.2, 0) is 4.74 Å². The Kier molecular flexibility index (Phi) is 6.19. The summed E-state index contributed by atoms with van der Waals surface area (Å²) in [5.74, 6) is -0.399. The summed E-state index contributed by atoms with van der Waals surface area (Å²) >= 11 is 0. The molecule has 2 aromatic carbocycles. The molecular weight excluding hydrogens is 368 g/mol. The van der Waals surface area contributed by atoms with Crippen molar-refractivity contribution >= 4 is 29.2 Å². The van der Waals surface area contributed by atoms with E-state index in [4.69, 9.17) is 4.74 Å². The molecule has 1 heterocycles. The molecular formula is C22H22N4O3. The van der Waals surface area contributed by atoms with Crippen molar-refractivity contribution in [3.8, 4) is 0 Å². The summed E-state index contributed by atoms with van der Waals surface area (Å²) in [5.41, 5.74) is 3.86. The van der Waals surface area contributed by atoms with Crippen LogP contribution < -0.4 is 10.6 Å². The van der Waals surface area contributed by atoms with Gasteiger partial charge in [-0.1, -0.05) is 17.7 Å². The Morgan fingerprint density at radius 2 is 1.59 bits per heavy atom. The van der Waals surface area contributed by atoms with E-state index in [1.807, 2.05) is 31.2 Å². The summed E-state index contributed by atoms with van der Waals surface area (Å²) in [6, 6.07) is 15.9. The quantitative estimate of drug-likeness (QED) is 0.611. The van der Waals surface area contributed by atoms with Crippen LogP contribution in [-0.4, -0.2) is 28.5 Å². The molecule has 29 heavy (non-hydrogen) atoms. The van der Waals surface area contributed by atoms with E-state index in [0.29, 0.717) is 35.2 Å². The predicted octanol–water partition coefficient (Wildman–Crippen LogP) is 4.27. The number of amides is 1. The molecule has 7 nitrogen and oxygen atoms in total. The Labute approximate surface area is 169 Å². The molecule has 0 atom stereocenters. The molecule has 0 bridgehead atoms. The van der Waals surface area contributed by atoms with Gasteiger partial charge in [0.2, 0.25) is 5.95 Å². The second-order valence-electron chi connectivity index (χ2n) is 6.46. The number of hydrogen-bond donors (Lipinski definition) is 2. The highest BCUT2D eigenvalue weighted by molar-refractivity contribution is 6.03. The molecule has 0 unspecified atom stereocenters. The van der Waals surface area contributed by atoms with Crippen molar-refractivity contribution in [3.63, 3.8) is 0 Å². The molecule has 0 aliphatic rings. The SMILES string of the molecule is CCOC(=O)c1ccc(Nc2nc(C)cc(C(=O)Nc3ccc(C)cc3)n2)cc1. The molecule has 0 spiro atoms. The van der Waals surface area contributed by atoms with E-state index in [-0.39, 0.29) is 17.6 Å². The lowest BCUT2D eigenvalue weighted by Crippen LogP contribution is -2.15. The van der Waals surface area contributed by atoms with Gasteiger partial charge in [0.15, 0.2) is 0 Å². The summed E-state index contributed by atoms with van der Waals surface area (Å²) in [7, 11) is 0. The maximum Gasteiger partial charge on any atom is 0.338 e. The Morgan fingerprint density at radius 3 is 2.24 bits per heavy atom. The van der Waals surface area contributed by atoms with Gasteiger partial charge in [0, 0.05) is 17.1 Å². The summed E-state index contributed by atoms with van der Waals surface area (Å²) in [4.78, 5) is 32.9. The largest absolute Gasteiger partial charge is 0.462 e. The minimum absolute atomic E-state index is 0.253. The number of nitrogens with one attached hydrogen (secondary N) is 2. The minimum Gasteiger partial charge on any atom is -0.462 e. The zero-order valence-corrected chi connectivity index (χ0v) is 16.5. The zero-order valence-electron chi connectivity index (χ0n) is 16.5.